The molecule has 7 nitrogen and oxygen atoms in total. The Balaban J connectivity index is 1.78. The third-order valence-electron chi connectivity index (χ3n) is 5.09. The van der Waals surface area contributed by atoms with E-state index in [9.17, 15) is 4.79 Å². The van der Waals surface area contributed by atoms with Crippen molar-refractivity contribution in [2.75, 3.05) is 17.2 Å². The summed E-state index contributed by atoms with van der Waals surface area (Å²) in [5.74, 6) is 1.10. The van der Waals surface area contributed by atoms with E-state index in [0.29, 0.717) is 18.1 Å². The molecule has 1 amide bonds. The predicted molar refractivity (Wildman–Crippen MR) is 124 cm³/mol. The van der Waals surface area contributed by atoms with Crippen LogP contribution in [0.4, 0.5) is 11.6 Å². The summed E-state index contributed by atoms with van der Waals surface area (Å²) >= 11 is 3.57. The number of carbonyl (C=O) groups is 1. The Morgan fingerprint density at radius 1 is 1.26 bits per heavy atom. The Labute approximate surface area is 189 Å². The fourth-order valence-electron chi connectivity index (χ4n) is 3.58. The van der Waals surface area contributed by atoms with Gasteiger partial charge < -0.3 is 15.4 Å². The van der Waals surface area contributed by atoms with Gasteiger partial charge in [-0.3, -0.25) is 4.79 Å². The first kappa shape index (κ1) is 21.1. The van der Waals surface area contributed by atoms with Gasteiger partial charge in [-0.2, -0.15) is 10.1 Å². The highest BCUT2D eigenvalue weighted by atomic mass is 79.9. The molecule has 160 valence electrons. The first-order valence-electron chi connectivity index (χ1n) is 10.2. The molecular formula is C23H24BrN5O2. The summed E-state index contributed by atoms with van der Waals surface area (Å²) in [5, 5.41) is 10.6. The normalized spacial score (nSPS) is 15.3. The lowest BCUT2D eigenvalue weighted by atomic mass is 9.94. The lowest BCUT2D eigenvalue weighted by Gasteiger charge is -2.30. The van der Waals surface area contributed by atoms with Crippen LogP contribution in [0.25, 0.3) is 0 Å². The average Bonchev–Trinajstić information content (AvgIpc) is 3.22. The van der Waals surface area contributed by atoms with Crippen LogP contribution in [0.3, 0.4) is 0 Å². The molecule has 0 aliphatic carbocycles. The van der Waals surface area contributed by atoms with Crippen LogP contribution in [0, 0.1) is 0 Å². The van der Waals surface area contributed by atoms with Crippen LogP contribution in [0.15, 0.2) is 70.6 Å². The Hall–Kier alpha value is -3.13. The van der Waals surface area contributed by atoms with E-state index in [0.717, 1.165) is 40.0 Å². The fourth-order valence-corrected chi connectivity index (χ4v) is 3.96. The second-order valence-corrected chi connectivity index (χ2v) is 8.21. The number of aromatic nitrogens is 3. The van der Waals surface area contributed by atoms with E-state index in [1.807, 2.05) is 55.5 Å². The van der Waals surface area contributed by atoms with E-state index in [4.69, 9.17) is 4.74 Å². The highest BCUT2D eigenvalue weighted by molar-refractivity contribution is 9.10. The summed E-state index contributed by atoms with van der Waals surface area (Å²) in [7, 11) is 0. The van der Waals surface area contributed by atoms with Crippen molar-refractivity contribution in [2.24, 2.45) is 0 Å². The van der Waals surface area contributed by atoms with Gasteiger partial charge in [0.2, 0.25) is 5.95 Å². The molecule has 1 aliphatic rings. The molecule has 0 saturated carbocycles. The van der Waals surface area contributed by atoms with E-state index in [2.05, 4.69) is 43.6 Å². The summed E-state index contributed by atoms with van der Waals surface area (Å²) in [6, 6.07) is 14.8. The van der Waals surface area contributed by atoms with Gasteiger partial charge in [0.1, 0.15) is 18.1 Å². The van der Waals surface area contributed by atoms with Crippen LogP contribution in [-0.2, 0) is 4.79 Å². The standard InChI is InChI=1S/C23H24BrN5O2/c1-3-4-12-31-19-11-10-16(24)13-18(19)21-20(15(2)27-23-25-14-26-29(21)23)22(30)28-17-8-6-5-7-9-17/h5-11,13-14,21H,3-4,12H2,1-2H3,(H,28,30)(H,25,26,27). The van der Waals surface area contributed by atoms with E-state index in [-0.39, 0.29) is 5.91 Å². The SMILES string of the molecule is CCCCOc1ccc(Br)cc1C1C(C(=O)Nc2ccccc2)=C(C)Nc2ncnn21. The third-order valence-corrected chi connectivity index (χ3v) is 5.59. The summed E-state index contributed by atoms with van der Waals surface area (Å²) in [6.45, 7) is 4.60. The maximum atomic E-state index is 13.4. The number of hydrogen-bond acceptors (Lipinski definition) is 5. The Morgan fingerprint density at radius 2 is 2.06 bits per heavy atom. The molecule has 4 rings (SSSR count). The largest absolute Gasteiger partial charge is 0.493 e. The van der Waals surface area contributed by atoms with Gasteiger partial charge in [-0.1, -0.05) is 47.5 Å². The molecule has 0 radical (unpaired) electrons. The molecule has 1 aliphatic heterocycles. The number of nitrogens with one attached hydrogen (secondary N) is 2. The first-order chi connectivity index (χ1) is 15.1. The lowest BCUT2D eigenvalue weighted by Crippen LogP contribution is -2.31. The van der Waals surface area contributed by atoms with Crippen molar-refractivity contribution in [1.29, 1.82) is 0 Å². The minimum atomic E-state index is -0.489. The summed E-state index contributed by atoms with van der Waals surface area (Å²) < 4.78 is 8.72. The van der Waals surface area contributed by atoms with Crippen LogP contribution < -0.4 is 15.4 Å². The first-order valence-corrected chi connectivity index (χ1v) is 11.0. The Morgan fingerprint density at radius 3 is 2.84 bits per heavy atom. The lowest BCUT2D eigenvalue weighted by molar-refractivity contribution is -0.113. The third kappa shape index (κ3) is 4.49. The number of amides is 1. The number of nitrogens with zero attached hydrogens (tertiary/aromatic N) is 3. The van der Waals surface area contributed by atoms with Crippen molar-refractivity contribution in [2.45, 2.75) is 32.7 Å². The molecule has 0 bridgehead atoms. The number of anilines is 2. The van der Waals surface area contributed by atoms with Crippen molar-refractivity contribution in [3.05, 3.63) is 76.2 Å². The number of fused-ring (bicyclic) bond motifs is 1. The number of rotatable bonds is 7. The van der Waals surface area contributed by atoms with Crippen LogP contribution in [0.1, 0.15) is 38.3 Å². The van der Waals surface area contributed by atoms with Gasteiger partial charge in [0.25, 0.3) is 5.91 Å². The monoisotopic (exact) mass is 481 g/mol. The van der Waals surface area contributed by atoms with E-state index in [1.165, 1.54) is 6.33 Å². The van der Waals surface area contributed by atoms with Gasteiger partial charge in [-0.05, 0) is 43.7 Å². The highest BCUT2D eigenvalue weighted by Crippen LogP contribution is 2.40. The molecule has 8 heteroatoms. The minimum absolute atomic E-state index is 0.207. The fraction of sp³-hybridized carbons (Fsp3) is 0.261. The van der Waals surface area contributed by atoms with Crippen molar-refractivity contribution in [3.63, 3.8) is 0 Å². The molecule has 3 aromatic rings. The smallest absolute Gasteiger partial charge is 0.255 e. The molecule has 1 atom stereocenters. The zero-order valence-corrected chi connectivity index (χ0v) is 19.0. The van der Waals surface area contributed by atoms with Crippen molar-refractivity contribution >= 4 is 33.5 Å². The van der Waals surface area contributed by atoms with Gasteiger partial charge in [0.05, 0.1) is 12.2 Å². The van der Waals surface area contributed by atoms with Crippen LogP contribution in [-0.4, -0.2) is 27.3 Å². The molecular weight excluding hydrogens is 458 g/mol. The van der Waals surface area contributed by atoms with E-state index in [1.54, 1.807) is 4.68 Å². The Kier molecular flexibility index (Phi) is 6.36. The number of carbonyl (C=O) groups excluding carboxylic acids is 1. The predicted octanol–water partition coefficient (Wildman–Crippen LogP) is 5.15. The molecule has 2 aromatic carbocycles. The van der Waals surface area contributed by atoms with Gasteiger partial charge in [-0.25, -0.2) is 4.68 Å². The van der Waals surface area contributed by atoms with E-state index < -0.39 is 6.04 Å². The van der Waals surface area contributed by atoms with Gasteiger partial charge in [0.15, 0.2) is 0 Å². The zero-order valence-electron chi connectivity index (χ0n) is 17.4. The van der Waals surface area contributed by atoms with Gasteiger partial charge >= 0.3 is 0 Å². The number of unbranched alkanes of at least 4 members (excludes halogenated alkanes) is 1. The zero-order chi connectivity index (χ0) is 21.8. The van der Waals surface area contributed by atoms with Crippen LogP contribution >= 0.6 is 15.9 Å². The highest BCUT2D eigenvalue weighted by Gasteiger charge is 2.35. The molecule has 2 heterocycles. The number of ether oxygens (including phenoxy) is 1. The topological polar surface area (TPSA) is 81.1 Å². The number of allylic oxidation sites excluding steroid dienone is 1. The van der Waals surface area contributed by atoms with Crippen molar-refractivity contribution in [1.82, 2.24) is 14.8 Å². The van der Waals surface area contributed by atoms with E-state index >= 15 is 0 Å². The maximum absolute atomic E-state index is 13.4. The number of hydrogen-bond donors (Lipinski definition) is 2. The quantitative estimate of drug-likeness (QED) is 0.456. The van der Waals surface area contributed by atoms with Crippen LogP contribution in [0.5, 0.6) is 5.75 Å². The Bertz CT molecular complexity index is 1110. The minimum Gasteiger partial charge on any atom is -0.493 e. The van der Waals surface area contributed by atoms with Crippen molar-refractivity contribution < 1.29 is 9.53 Å². The number of para-hydroxylation sites is 1. The molecule has 1 aromatic heterocycles. The molecule has 1 unspecified atom stereocenters. The second-order valence-electron chi connectivity index (χ2n) is 7.30. The summed E-state index contributed by atoms with van der Waals surface area (Å²) in [5.41, 5.74) is 2.85. The molecule has 0 spiro atoms. The number of halogens is 1. The van der Waals surface area contributed by atoms with Crippen LogP contribution in [0.2, 0.25) is 0 Å². The van der Waals surface area contributed by atoms with Gasteiger partial charge in [0, 0.05) is 21.4 Å². The second kappa shape index (κ2) is 9.34. The molecule has 31 heavy (non-hydrogen) atoms. The number of benzene rings is 2. The summed E-state index contributed by atoms with van der Waals surface area (Å²) in [4.78, 5) is 17.7. The molecule has 0 fully saturated rings. The maximum Gasteiger partial charge on any atom is 0.255 e. The van der Waals surface area contributed by atoms with Gasteiger partial charge in [-0.15, -0.1) is 0 Å². The summed E-state index contributed by atoms with van der Waals surface area (Å²) in [6.07, 6.45) is 3.47. The molecule has 2 N–H and O–H groups in total. The average molecular weight is 482 g/mol. The molecule has 0 saturated heterocycles. The van der Waals surface area contributed by atoms with Crippen molar-refractivity contribution in [3.8, 4) is 5.75 Å².